The molecule has 0 radical (unpaired) electrons. The highest BCUT2D eigenvalue weighted by atomic mass is 32.1. The highest BCUT2D eigenvalue weighted by Gasteiger charge is 2.21. The van der Waals surface area contributed by atoms with Crippen molar-refractivity contribution in [3.05, 3.63) is 55.3 Å². The van der Waals surface area contributed by atoms with Gasteiger partial charge in [-0.2, -0.15) is 4.91 Å². The van der Waals surface area contributed by atoms with Crippen LogP contribution in [0.15, 0.2) is 28.2 Å². The van der Waals surface area contributed by atoms with Crippen LogP contribution >= 0.6 is 11.3 Å². The third-order valence-corrected chi connectivity index (χ3v) is 6.08. The molecular formula is C19H17N5O5S. The summed E-state index contributed by atoms with van der Waals surface area (Å²) in [5.41, 5.74) is 1.46. The van der Waals surface area contributed by atoms with Crippen LogP contribution < -0.4 is 20.9 Å². The zero-order valence-electron chi connectivity index (χ0n) is 16.1. The quantitative estimate of drug-likeness (QED) is 0.534. The van der Waals surface area contributed by atoms with Crippen molar-refractivity contribution in [1.82, 2.24) is 15.3 Å². The number of carbonyl (C=O) groups excluding carboxylic acids is 2. The van der Waals surface area contributed by atoms with E-state index in [9.17, 15) is 19.3 Å². The first-order valence-corrected chi connectivity index (χ1v) is 9.88. The summed E-state index contributed by atoms with van der Waals surface area (Å²) in [5, 5.41) is 8.76. The van der Waals surface area contributed by atoms with E-state index >= 15 is 0 Å². The molecule has 154 valence electrons. The van der Waals surface area contributed by atoms with Gasteiger partial charge in [-0.05, 0) is 37.1 Å². The van der Waals surface area contributed by atoms with Crippen LogP contribution in [0.4, 0.5) is 5.69 Å². The number of carbonyl (C=O) groups is 2. The highest BCUT2D eigenvalue weighted by molar-refractivity contribution is 7.18. The second-order valence-corrected chi connectivity index (χ2v) is 7.85. The Kier molecular flexibility index (Phi) is 5.04. The molecule has 0 aliphatic carbocycles. The number of rotatable bonds is 5. The molecule has 1 atom stereocenters. The van der Waals surface area contributed by atoms with Crippen molar-refractivity contribution in [1.29, 1.82) is 0 Å². The van der Waals surface area contributed by atoms with Gasteiger partial charge in [-0.15, -0.1) is 11.3 Å². The molecule has 4 rings (SSSR count). The van der Waals surface area contributed by atoms with Gasteiger partial charge in [0.05, 0.1) is 11.1 Å². The van der Waals surface area contributed by atoms with Crippen molar-refractivity contribution in [2.24, 2.45) is 5.18 Å². The normalized spacial score (nSPS) is 13.9. The summed E-state index contributed by atoms with van der Waals surface area (Å²) in [6.07, 6.45) is 0. The van der Waals surface area contributed by atoms with Crippen molar-refractivity contribution >= 4 is 39.1 Å². The number of nitrogens with one attached hydrogen (secondary N) is 3. The van der Waals surface area contributed by atoms with Gasteiger partial charge >= 0.3 is 0 Å². The number of nitrogens with zero attached hydrogens (tertiary/aromatic N) is 2. The van der Waals surface area contributed by atoms with E-state index < -0.39 is 17.5 Å². The number of aryl methyl sites for hydroxylation is 1. The average molecular weight is 427 g/mol. The molecule has 0 bridgehead atoms. The fourth-order valence-electron chi connectivity index (χ4n) is 3.22. The third-order valence-electron chi connectivity index (χ3n) is 4.72. The summed E-state index contributed by atoms with van der Waals surface area (Å²) < 4.78 is 5.30. The summed E-state index contributed by atoms with van der Waals surface area (Å²) in [4.78, 5) is 55.1. The summed E-state index contributed by atoms with van der Waals surface area (Å²) in [5.74, 6) is -0.365. The number of anilines is 1. The van der Waals surface area contributed by atoms with Gasteiger partial charge in [0.15, 0.2) is 6.61 Å². The number of thiophene rings is 1. The van der Waals surface area contributed by atoms with Crippen LogP contribution in [0.2, 0.25) is 0 Å². The molecule has 1 unspecified atom stereocenters. The van der Waals surface area contributed by atoms with Gasteiger partial charge in [0, 0.05) is 11.4 Å². The third kappa shape index (κ3) is 3.54. The molecule has 1 aromatic carbocycles. The molecule has 1 aliphatic rings. The van der Waals surface area contributed by atoms with E-state index in [4.69, 9.17) is 4.74 Å². The van der Waals surface area contributed by atoms with Gasteiger partial charge < -0.3 is 20.4 Å². The first kappa shape index (κ1) is 19.7. The first-order chi connectivity index (χ1) is 14.4. The lowest BCUT2D eigenvalue weighted by atomic mass is 10.1. The molecule has 2 amide bonds. The topological polar surface area (TPSA) is 143 Å². The number of aromatic amines is 1. The van der Waals surface area contributed by atoms with Gasteiger partial charge in [-0.3, -0.25) is 14.4 Å². The molecule has 0 spiro atoms. The highest BCUT2D eigenvalue weighted by Crippen LogP contribution is 2.33. The molecule has 1 aliphatic heterocycles. The Hall–Kier alpha value is -3.60. The van der Waals surface area contributed by atoms with E-state index in [1.807, 2.05) is 0 Å². The Labute approximate surface area is 173 Å². The second kappa shape index (κ2) is 7.67. The predicted molar refractivity (Wildman–Crippen MR) is 111 cm³/mol. The number of H-pyrrole nitrogens is 1. The van der Waals surface area contributed by atoms with E-state index in [0.717, 1.165) is 5.56 Å². The molecular weight excluding hydrogens is 410 g/mol. The van der Waals surface area contributed by atoms with Crippen LogP contribution in [-0.4, -0.2) is 28.4 Å². The number of aromatic nitrogens is 2. The Balaban J connectivity index is 1.55. The zero-order chi connectivity index (χ0) is 21.4. The lowest BCUT2D eigenvalue weighted by Gasteiger charge is -2.18. The largest absolute Gasteiger partial charge is 0.482 e. The molecule has 3 heterocycles. The number of fused-ring (bicyclic) bond motifs is 2. The van der Waals surface area contributed by atoms with Crippen LogP contribution in [0.25, 0.3) is 10.2 Å². The second-order valence-electron chi connectivity index (χ2n) is 6.82. The molecule has 3 N–H and O–H groups in total. The maximum Gasteiger partial charge on any atom is 0.287 e. The number of ether oxygens (including phenoxy) is 1. The minimum Gasteiger partial charge on any atom is -0.482 e. The lowest BCUT2D eigenvalue weighted by Crippen LogP contribution is -2.28. The summed E-state index contributed by atoms with van der Waals surface area (Å²) in [7, 11) is 0. The van der Waals surface area contributed by atoms with Gasteiger partial charge in [-0.25, -0.2) is 4.98 Å². The van der Waals surface area contributed by atoms with E-state index in [1.54, 1.807) is 32.0 Å². The smallest absolute Gasteiger partial charge is 0.287 e. The molecule has 0 fully saturated rings. The van der Waals surface area contributed by atoms with Crippen LogP contribution in [-0.2, 0) is 11.3 Å². The maximum absolute atomic E-state index is 12.5. The molecule has 0 saturated heterocycles. The Morgan fingerprint density at radius 1 is 1.40 bits per heavy atom. The number of amides is 2. The van der Waals surface area contributed by atoms with E-state index in [2.05, 4.69) is 25.8 Å². The number of nitroso groups, excluding NO2 is 1. The van der Waals surface area contributed by atoms with Crippen molar-refractivity contribution in [3.63, 3.8) is 0 Å². The number of hydrogen-bond donors (Lipinski definition) is 3. The molecule has 30 heavy (non-hydrogen) atoms. The van der Waals surface area contributed by atoms with Gasteiger partial charge in [0.1, 0.15) is 16.6 Å². The number of hydrogen-bond acceptors (Lipinski definition) is 8. The minimum absolute atomic E-state index is 0.0316. The van der Waals surface area contributed by atoms with Gasteiger partial charge in [0.25, 0.3) is 17.4 Å². The summed E-state index contributed by atoms with van der Waals surface area (Å²) in [6, 6.07) is 4.57. The average Bonchev–Trinajstić information content (AvgIpc) is 3.07. The van der Waals surface area contributed by atoms with Crippen LogP contribution in [0.5, 0.6) is 5.75 Å². The summed E-state index contributed by atoms with van der Waals surface area (Å²) in [6.45, 7) is 3.49. The van der Waals surface area contributed by atoms with Gasteiger partial charge in [-0.1, -0.05) is 11.2 Å². The number of benzene rings is 1. The fourth-order valence-corrected chi connectivity index (χ4v) is 4.38. The monoisotopic (exact) mass is 427 g/mol. The Morgan fingerprint density at radius 3 is 2.97 bits per heavy atom. The Morgan fingerprint density at radius 2 is 2.20 bits per heavy atom. The first-order valence-electron chi connectivity index (χ1n) is 9.07. The molecule has 3 aromatic rings. The maximum atomic E-state index is 12.5. The van der Waals surface area contributed by atoms with E-state index in [-0.39, 0.29) is 24.9 Å². The van der Waals surface area contributed by atoms with Crippen molar-refractivity contribution in [2.45, 2.75) is 26.4 Å². The molecule has 11 heteroatoms. The van der Waals surface area contributed by atoms with Crippen molar-refractivity contribution < 1.29 is 14.3 Å². The zero-order valence-corrected chi connectivity index (χ0v) is 16.9. The van der Waals surface area contributed by atoms with Crippen LogP contribution in [0, 0.1) is 11.8 Å². The summed E-state index contributed by atoms with van der Waals surface area (Å²) >= 11 is 1.17. The molecule has 10 nitrogen and oxygen atoms in total. The van der Waals surface area contributed by atoms with Crippen LogP contribution in [0.1, 0.15) is 39.6 Å². The van der Waals surface area contributed by atoms with E-state index in [1.165, 1.54) is 11.3 Å². The SMILES string of the molecule is Cc1c(C(C)N=O)sc2nc(C(=O)NCc3ccc4c(c3)NC(=O)CO4)[nH]c(=O)c12. The van der Waals surface area contributed by atoms with Gasteiger partial charge in [0.2, 0.25) is 5.82 Å². The Bertz CT molecular complexity index is 1250. The molecule has 0 saturated carbocycles. The fraction of sp³-hybridized carbons (Fsp3) is 0.263. The lowest BCUT2D eigenvalue weighted by molar-refractivity contribution is -0.118. The minimum atomic E-state index is -0.602. The standard InChI is InChI=1S/C19H17N5O5S/c1-8-14-17(26)22-16(23-19(14)30-15(8)9(2)24-28)18(27)20-6-10-3-4-12-11(5-10)21-13(25)7-29-12/h3-5,9H,6-7H2,1-2H3,(H,20,27)(H,21,25)(H,22,23,26). The van der Waals surface area contributed by atoms with Crippen LogP contribution in [0.3, 0.4) is 0 Å². The predicted octanol–water partition coefficient (Wildman–Crippen LogP) is 2.38. The van der Waals surface area contributed by atoms with E-state index in [0.29, 0.717) is 32.1 Å². The van der Waals surface area contributed by atoms with Crippen molar-refractivity contribution in [2.75, 3.05) is 11.9 Å². The molecule has 2 aromatic heterocycles. The van der Waals surface area contributed by atoms with Crippen molar-refractivity contribution in [3.8, 4) is 5.75 Å².